The Labute approximate surface area is 163 Å². The van der Waals surface area contributed by atoms with Gasteiger partial charge in [-0.15, -0.1) is 11.3 Å². The molecule has 0 saturated carbocycles. The van der Waals surface area contributed by atoms with E-state index in [0.717, 1.165) is 21.9 Å². The fourth-order valence-corrected chi connectivity index (χ4v) is 4.25. The molecule has 0 N–H and O–H groups in total. The number of rotatable bonds is 5. The van der Waals surface area contributed by atoms with Gasteiger partial charge in [-0.2, -0.15) is 0 Å². The van der Waals surface area contributed by atoms with E-state index in [2.05, 4.69) is 42.6 Å². The third-order valence-electron chi connectivity index (χ3n) is 4.83. The lowest BCUT2D eigenvalue weighted by Crippen LogP contribution is -2.30. The van der Waals surface area contributed by atoms with Gasteiger partial charge in [-0.1, -0.05) is 66.7 Å². The van der Waals surface area contributed by atoms with E-state index < -0.39 is 0 Å². The molecular formula is C24H21NOS. The predicted molar refractivity (Wildman–Crippen MR) is 113 cm³/mol. The molecule has 27 heavy (non-hydrogen) atoms. The Morgan fingerprint density at radius 2 is 1.59 bits per heavy atom. The van der Waals surface area contributed by atoms with E-state index >= 15 is 0 Å². The standard InChI is InChI=1S/C24H21NOS/c1-18-14-15-27-23(18)17-25(16-19-8-3-2-4-9-19)24(26)22-13-7-11-20-10-5-6-12-21(20)22/h2-15H,16-17H2,1H3. The van der Waals surface area contributed by atoms with E-state index in [-0.39, 0.29) is 5.91 Å². The average Bonchev–Trinajstić information content (AvgIpc) is 3.12. The zero-order valence-corrected chi connectivity index (χ0v) is 16.1. The number of nitrogens with zero attached hydrogens (tertiary/aromatic N) is 1. The zero-order chi connectivity index (χ0) is 18.6. The van der Waals surface area contributed by atoms with Crippen molar-refractivity contribution in [2.24, 2.45) is 0 Å². The zero-order valence-electron chi connectivity index (χ0n) is 15.3. The summed E-state index contributed by atoms with van der Waals surface area (Å²) in [6.07, 6.45) is 0. The molecule has 4 rings (SSSR count). The van der Waals surface area contributed by atoms with Crippen molar-refractivity contribution < 1.29 is 4.79 Å². The van der Waals surface area contributed by atoms with Crippen LogP contribution in [0.25, 0.3) is 10.8 Å². The van der Waals surface area contributed by atoms with Crippen LogP contribution >= 0.6 is 11.3 Å². The molecule has 0 bridgehead atoms. The first-order chi connectivity index (χ1) is 13.2. The van der Waals surface area contributed by atoms with Crippen molar-refractivity contribution in [1.82, 2.24) is 4.90 Å². The minimum absolute atomic E-state index is 0.0726. The summed E-state index contributed by atoms with van der Waals surface area (Å²) in [5, 5.41) is 4.19. The molecule has 0 aliphatic rings. The Balaban J connectivity index is 1.72. The summed E-state index contributed by atoms with van der Waals surface area (Å²) in [5.41, 5.74) is 3.14. The summed E-state index contributed by atoms with van der Waals surface area (Å²) in [5.74, 6) is 0.0726. The molecule has 4 aromatic rings. The number of benzene rings is 3. The average molecular weight is 372 g/mol. The van der Waals surface area contributed by atoms with Gasteiger partial charge in [0.25, 0.3) is 5.91 Å². The Kier molecular flexibility index (Phi) is 5.03. The molecular weight excluding hydrogens is 350 g/mol. The van der Waals surface area contributed by atoms with Crippen LogP contribution in [-0.2, 0) is 13.1 Å². The summed E-state index contributed by atoms with van der Waals surface area (Å²) in [7, 11) is 0. The second kappa shape index (κ2) is 7.77. The maximum atomic E-state index is 13.5. The number of aryl methyl sites for hydroxylation is 1. The first-order valence-corrected chi connectivity index (χ1v) is 9.94. The van der Waals surface area contributed by atoms with Crippen LogP contribution in [0.4, 0.5) is 0 Å². The first kappa shape index (κ1) is 17.5. The van der Waals surface area contributed by atoms with E-state index in [4.69, 9.17) is 0 Å². The van der Waals surface area contributed by atoms with Crippen LogP contribution < -0.4 is 0 Å². The second-order valence-corrected chi connectivity index (χ2v) is 7.70. The summed E-state index contributed by atoms with van der Waals surface area (Å²) in [6.45, 7) is 3.33. The van der Waals surface area contributed by atoms with Gasteiger partial charge in [0.2, 0.25) is 0 Å². The fraction of sp³-hybridized carbons (Fsp3) is 0.125. The topological polar surface area (TPSA) is 20.3 Å². The minimum Gasteiger partial charge on any atom is -0.329 e. The number of carbonyl (C=O) groups excluding carboxylic acids is 1. The lowest BCUT2D eigenvalue weighted by Gasteiger charge is -2.23. The molecule has 2 nitrogen and oxygen atoms in total. The number of carbonyl (C=O) groups is 1. The Morgan fingerprint density at radius 3 is 2.37 bits per heavy atom. The van der Waals surface area contributed by atoms with Gasteiger partial charge in [-0.05, 0) is 46.3 Å². The van der Waals surface area contributed by atoms with E-state index in [1.807, 2.05) is 53.4 Å². The monoisotopic (exact) mass is 371 g/mol. The third kappa shape index (κ3) is 3.79. The molecule has 0 fully saturated rings. The largest absolute Gasteiger partial charge is 0.329 e. The molecule has 0 aliphatic carbocycles. The Bertz CT molecular complexity index is 1060. The van der Waals surface area contributed by atoms with Crippen molar-refractivity contribution in [3.8, 4) is 0 Å². The van der Waals surface area contributed by atoms with Crippen molar-refractivity contribution >= 4 is 28.0 Å². The van der Waals surface area contributed by atoms with E-state index in [0.29, 0.717) is 13.1 Å². The van der Waals surface area contributed by atoms with Gasteiger partial charge >= 0.3 is 0 Å². The Morgan fingerprint density at radius 1 is 0.852 bits per heavy atom. The summed E-state index contributed by atoms with van der Waals surface area (Å²) in [4.78, 5) is 16.7. The molecule has 0 spiro atoms. The maximum Gasteiger partial charge on any atom is 0.255 e. The molecule has 0 aliphatic heterocycles. The smallest absolute Gasteiger partial charge is 0.255 e. The highest BCUT2D eigenvalue weighted by molar-refractivity contribution is 7.10. The predicted octanol–water partition coefficient (Wildman–Crippen LogP) is 6.05. The molecule has 1 amide bonds. The van der Waals surface area contributed by atoms with Crippen molar-refractivity contribution in [2.45, 2.75) is 20.0 Å². The first-order valence-electron chi connectivity index (χ1n) is 9.06. The highest BCUT2D eigenvalue weighted by Crippen LogP contribution is 2.24. The molecule has 0 saturated heterocycles. The molecule has 0 unspecified atom stereocenters. The fourth-order valence-electron chi connectivity index (χ4n) is 3.32. The molecule has 134 valence electrons. The Hall–Kier alpha value is -2.91. The second-order valence-electron chi connectivity index (χ2n) is 6.70. The molecule has 1 heterocycles. The molecule has 0 radical (unpaired) electrons. The number of thiophene rings is 1. The SMILES string of the molecule is Cc1ccsc1CN(Cc1ccccc1)C(=O)c1cccc2ccccc12. The maximum absolute atomic E-state index is 13.5. The van der Waals surface area contributed by atoms with Gasteiger partial charge in [0.15, 0.2) is 0 Å². The number of hydrogen-bond acceptors (Lipinski definition) is 2. The summed E-state index contributed by atoms with van der Waals surface area (Å²) in [6, 6.07) is 26.3. The highest BCUT2D eigenvalue weighted by Gasteiger charge is 2.20. The molecule has 3 heteroatoms. The van der Waals surface area contributed by atoms with Gasteiger partial charge in [0.05, 0.1) is 6.54 Å². The van der Waals surface area contributed by atoms with Crippen LogP contribution in [0.5, 0.6) is 0 Å². The van der Waals surface area contributed by atoms with Gasteiger partial charge < -0.3 is 4.90 Å². The molecule has 0 atom stereocenters. The molecule has 3 aromatic carbocycles. The normalized spacial score (nSPS) is 10.9. The molecule has 1 aromatic heterocycles. The van der Waals surface area contributed by atoms with Crippen LogP contribution in [0.2, 0.25) is 0 Å². The van der Waals surface area contributed by atoms with Crippen molar-refractivity contribution in [2.75, 3.05) is 0 Å². The van der Waals surface area contributed by atoms with Crippen molar-refractivity contribution in [3.63, 3.8) is 0 Å². The van der Waals surface area contributed by atoms with Crippen LogP contribution in [0.3, 0.4) is 0 Å². The highest BCUT2D eigenvalue weighted by atomic mass is 32.1. The van der Waals surface area contributed by atoms with Gasteiger partial charge in [-0.25, -0.2) is 0 Å². The number of hydrogen-bond donors (Lipinski definition) is 0. The van der Waals surface area contributed by atoms with Crippen LogP contribution in [0.1, 0.15) is 26.4 Å². The minimum atomic E-state index is 0.0726. The van der Waals surface area contributed by atoms with Crippen LogP contribution in [0, 0.1) is 6.92 Å². The lowest BCUT2D eigenvalue weighted by molar-refractivity contribution is 0.0733. The number of fused-ring (bicyclic) bond motifs is 1. The quantitative estimate of drug-likeness (QED) is 0.418. The van der Waals surface area contributed by atoms with E-state index in [9.17, 15) is 4.79 Å². The van der Waals surface area contributed by atoms with Crippen LogP contribution in [-0.4, -0.2) is 10.8 Å². The van der Waals surface area contributed by atoms with Crippen molar-refractivity contribution in [1.29, 1.82) is 0 Å². The van der Waals surface area contributed by atoms with Crippen molar-refractivity contribution in [3.05, 3.63) is 106 Å². The summed E-state index contributed by atoms with van der Waals surface area (Å²) < 4.78 is 0. The summed E-state index contributed by atoms with van der Waals surface area (Å²) >= 11 is 1.71. The number of amides is 1. The van der Waals surface area contributed by atoms with E-state index in [1.165, 1.54) is 10.4 Å². The van der Waals surface area contributed by atoms with Gasteiger partial charge in [0.1, 0.15) is 0 Å². The van der Waals surface area contributed by atoms with Gasteiger partial charge in [-0.3, -0.25) is 4.79 Å². The van der Waals surface area contributed by atoms with Crippen LogP contribution in [0.15, 0.2) is 84.2 Å². The van der Waals surface area contributed by atoms with E-state index in [1.54, 1.807) is 11.3 Å². The van der Waals surface area contributed by atoms with Gasteiger partial charge in [0, 0.05) is 17.0 Å². The third-order valence-corrected chi connectivity index (χ3v) is 5.83. The lowest BCUT2D eigenvalue weighted by atomic mass is 10.0.